The lowest BCUT2D eigenvalue weighted by Crippen LogP contribution is -2.02. The number of hydrogen-bond donors (Lipinski definition) is 1. The maximum absolute atomic E-state index is 4.22. The zero-order valence-corrected chi connectivity index (χ0v) is 11.9. The van der Waals surface area contributed by atoms with E-state index in [0.29, 0.717) is 0 Å². The summed E-state index contributed by atoms with van der Waals surface area (Å²) in [6, 6.07) is 14.9. The first-order chi connectivity index (χ1) is 9.74. The van der Waals surface area contributed by atoms with Crippen molar-refractivity contribution in [2.45, 2.75) is 20.4 Å². The number of aromatic nitrogens is 1. The molecule has 0 aliphatic rings. The number of anilines is 1. The third kappa shape index (κ3) is 2.50. The Labute approximate surface area is 119 Å². The summed E-state index contributed by atoms with van der Waals surface area (Å²) >= 11 is 0. The molecule has 3 aromatic rings. The third-order valence-corrected chi connectivity index (χ3v) is 3.65. The van der Waals surface area contributed by atoms with Crippen molar-refractivity contribution in [1.82, 2.24) is 4.98 Å². The molecule has 1 aromatic heterocycles. The molecule has 0 aliphatic heterocycles. The molecule has 0 radical (unpaired) electrons. The fourth-order valence-corrected chi connectivity index (χ4v) is 2.50. The highest BCUT2D eigenvalue weighted by atomic mass is 14.9. The minimum absolute atomic E-state index is 0.833. The maximum atomic E-state index is 4.22. The van der Waals surface area contributed by atoms with E-state index in [4.69, 9.17) is 0 Å². The van der Waals surface area contributed by atoms with Crippen molar-refractivity contribution in [2.75, 3.05) is 5.32 Å². The van der Waals surface area contributed by atoms with Crippen LogP contribution in [0.5, 0.6) is 0 Å². The Morgan fingerprint density at radius 3 is 2.80 bits per heavy atom. The Balaban J connectivity index is 1.87. The summed E-state index contributed by atoms with van der Waals surface area (Å²) in [7, 11) is 0. The first kappa shape index (κ1) is 12.7. The van der Waals surface area contributed by atoms with E-state index < -0.39 is 0 Å². The molecule has 2 nitrogen and oxygen atoms in total. The highest BCUT2D eigenvalue weighted by molar-refractivity contribution is 5.93. The van der Waals surface area contributed by atoms with E-state index in [1.54, 1.807) is 0 Å². The largest absolute Gasteiger partial charge is 0.380 e. The molecule has 0 spiro atoms. The lowest BCUT2D eigenvalue weighted by Gasteiger charge is -2.11. The zero-order valence-electron chi connectivity index (χ0n) is 11.9. The number of nitrogens with one attached hydrogen (secondary N) is 1. The molecular formula is C18H18N2. The number of rotatable bonds is 3. The molecule has 0 saturated heterocycles. The Morgan fingerprint density at radius 2 is 1.95 bits per heavy atom. The molecule has 0 aliphatic carbocycles. The van der Waals surface area contributed by atoms with E-state index in [0.717, 1.165) is 12.2 Å². The molecule has 0 atom stereocenters. The summed E-state index contributed by atoms with van der Waals surface area (Å²) in [6.45, 7) is 5.12. The molecule has 100 valence electrons. The highest BCUT2D eigenvalue weighted by Gasteiger charge is 2.02. The van der Waals surface area contributed by atoms with Crippen LogP contribution in [0.1, 0.15) is 16.7 Å². The molecule has 0 unspecified atom stereocenters. The van der Waals surface area contributed by atoms with Crippen molar-refractivity contribution in [3.05, 3.63) is 71.5 Å². The molecule has 0 fully saturated rings. The lowest BCUT2D eigenvalue weighted by molar-refractivity contribution is 1.12. The molecule has 2 heteroatoms. The van der Waals surface area contributed by atoms with Crippen LogP contribution in [-0.4, -0.2) is 4.98 Å². The van der Waals surface area contributed by atoms with Crippen molar-refractivity contribution in [3.8, 4) is 0 Å². The van der Waals surface area contributed by atoms with Gasteiger partial charge in [-0.05, 0) is 42.5 Å². The molecule has 0 bridgehead atoms. The Bertz CT molecular complexity index is 742. The first-order valence-electron chi connectivity index (χ1n) is 6.87. The van der Waals surface area contributed by atoms with E-state index in [1.807, 2.05) is 18.5 Å². The minimum Gasteiger partial charge on any atom is -0.380 e. The molecule has 0 saturated carbocycles. The zero-order chi connectivity index (χ0) is 13.9. The van der Waals surface area contributed by atoms with Crippen LogP contribution in [0.25, 0.3) is 10.8 Å². The van der Waals surface area contributed by atoms with Gasteiger partial charge in [0.2, 0.25) is 0 Å². The topological polar surface area (TPSA) is 24.9 Å². The van der Waals surface area contributed by atoms with Gasteiger partial charge in [-0.2, -0.15) is 0 Å². The van der Waals surface area contributed by atoms with Gasteiger partial charge in [0, 0.05) is 30.0 Å². The van der Waals surface area contributed by atoms with Gasteiger partial charge in [-0.25, -0.2) is 0 Å². The summed E-state index contributed by atoms with van der Waals surface area (Å²) in [5.74, 6) is 0. The maximum Gasteiger partial charge on any atom is 0.0438 e. The van der Waals surface area contributed by atoms with Crippen LogP contribution in [0.2, 0.25) is 0 Å². The van der Waals surface area contributed by atoms with Gasteiger partial charge < -0.3 is 5.32 Å². The van der Waals surface area contributed by atoms with Gasteiger partial charge >= 0.3 is 0 Å². The number of nitrogens with zero attached hydrogens (tertiary/aromatic N) is 1. The van der Waals surface area contributed by atoms with Gasteiger partial charge in [0.15, 0.2) is 0 Å². The summed E-state index contributed by atoms with van der Waals surface area (Å²) in [5.41, 5.74) is 5.10. The Hall–Kier alpha value is -2.35. The molecule has 2 aromatic carbocycles. The van der Waals surface area contributed by atoms with Crippen LogP contribution in [0.4, 0.5) is 5.69 Å². The van der Waals surface area contributed by atoms with Crippen LogP contribution in [0, 0.1) is 13.8 Å². The molecule has 3 rings (SSSR count). The van der Waals surface area contributed by atoms with E-state index in [-0.39, 0.29) is 0 Å². The molecule has 0 amide bonds. The van der Waals surface area contributed by atoms with Crippen molar-refractivity contribution < 1.29 is 0 Å². The normalized spacial score (nSPS) is 10.7. The van der Waals surface area contributed by atoms with Gasteiger partial charge in [0.05, 0.1) is 0 Å². The van der Waals surface area contributed by atoms with E-state index in [1.165, 1.54) is 27.5 Å². The second-order valence-corrected chi connectivity index (χ2v) is 5.19. The van der Waals surface area contributed by atoms with Gasteiger partial charge in [-0.1, -0.05) is 35.9 Å². The average Bonchev–Trinajstić information content (AvgIpc) is 2.46. The van der Waals surface area contributed by atoms with Gasteiger partial charge in [-0.15, -0.1) is 0 Å². The second-order valence-electron chi connectivity index (χ2n) is 5.19. The smallest absolute Gasteiger partial charge is 0.0438 e. The first-order valence-corrected chi connectivity index (χ1v) is 6.87. The minimum atomic E-state index is 0.833. The number of pyridine rings is 1. The van der Waals surface area contributed by atoms with Gasteiger partial charge in [0.1, 0.15) is 0 Å². The van der Waals surface area contributed by atoms with Gasteiger partial charge in [-0.3, -0.25) is 4.98 Å². The van der Waals surface area contributed by atoms with Crippen molar-refractivity contribution in [3.63, 3.8) is 0 Å². The molecule has 1 heterocycles. The average molecular weight is 262 g/mol. The number of hydrogen-bond acceptors (Lipinski definition) is 2. The van der Waals surface area contributed by atoms with Crippen LogP contribution in [-0.2, 0) is 6.54 Å². The molecule has 20 heavy (non-hydrogen) atoms. The van der Waals surface area contributed by atoms with Crippen LogP contribution >= 0.6 is 0 Å². The second kappa shape index (κ2) is 5.33. The summed E-state index contributed by atoms with van der Waals surface area (Å²) in [4.78, 5) is 4.22. The molecular weight excluding hydrogens is 244 g/mol. The van der Waals surface area contributed by atoms with Crippen molar-refractivity contribution in [2.24, 2.45) is 0 Å². The quantitative estimate of drug-likeness (QED) is 0.753. The summed E-state index contributed by atoms with van der Waals surface area (Å²) in [6.07, 6.45) is 3.75. The number of benzene rings is 2. The fraction of sp³-hybridized carbons (Fsp3) is 0.167. The monoisotopic (exact) mass is 262 g/mol. The van der Waals surface area contributed by atoms with Crippen molar-refractivity contribution in [1.29, 1.82) is 0 Å². The van der Waals surface area contributed by atoms with Crippen LogP contribution in [0.15, 0.2) is 54.9 Å². The molecule has 1 N–H and O–H groups in total. The predicted octanol–water partition coefficient (Wildman–Crippen LogP) is 4.46. The SMILES string of the molecule is Cc1ccc(CNc2cccc3ccncc23)c(C)c1. The van der Waals surface area contributed by atoms with E-state index in [2.05, 4.69) is 60.5 Å². The van der Waals surface area contributed by atoms with Crippen LogP contribution in [0.3, 0.4) is 0 Å². The number of fused-ring (bicyclic) bond motifs is 1. The Morgan fingerprint density at radius 1 is 1.05 bits per heavy atom. The number of aryl methyl sites for hydroxylation is 2. The standard InChI is InChI=1S/C18H18N2/c1-13-6-7-16(14(2)10-13)11-20-18-5-3-4-15-8-9-19-12-17(15)18/h3-10,12,20H,11H2,1-2H3. The van der Waals surface area contributed by atoms with Gasteiger partial charge in [0.25, 0.3) is 0 Å². The van der Waals surface area contributed by atoms with E-state index >= 15 is 0 Å². The Kier molecular flexibility index (Phi) is 3.38. The lowest BCUT2D eigenvalue weighted by atomic mass is 10.1. The van der Waals surface area contributed by atoms with Crippen molar-refractivity contribution >= 4 is 16.5 Å². The summed E-state index contributed by atoms with van der Waals surface area (Å²) < 4.78 is 0. The third-order valence-electron chi connectivity index (χ3n) is 3.65. The summed E-state index contributed by atoms with van der Waals surface area (Å²) in [5, 5.41) is 5.90. The highest BCUT2D eigenvalue weighted by Crippen LogP contribution is 2.23. The fourth-order valence-electron chi connectivity index (χ4n) is 2.50. The van der Waals surface area contributed by atoms with E-state index in [9.17, 15) is 0 Å². The predicted molar refractivity (Wildman–Crippen MR) is 85.0 cm³/mol. The van der Waals surface area contributed by atoms with Crippen LogP contribution < -0.4 is 5.32 Å².